The van der Waals surface area contributed by atoms with Gasteiger partial charge < -0.3 is 4.74 Å². The molecule has 0 aliphatic carbocycles. The van der Waals surface area contributed by atoms with Gasteiger partial charge in [0.15, 0.2) is 0 Å². The second kappa shape index (κ2) is 6.10. The van der Waals surface area contributed by atoms with E-state index in [-0.39, 0.29) is 11.9 Å². The van der Waals surface area contributed by atoms with Crippen molar-refractivity contribution in [2.45, 2.75) is 18.8 Å². The fraction of sp³-hybridized carbons (Fsp3) is 0.294. The number of para-hydroxylation sites is 1. The van der Waals surface area contributed by atoms with E-state index >= 15 is 0 Å². The van der Waals surface area contributed by atoms with Crippen molar-refractivity contribution in [1.82, 2.24) is 0 Å². The first kappa shape index (κ1) is 15.1. The summed E-state index contributed by atoms with van der Waals surface area (Å²) < 4.78 is 32.5. The smallest absolute Gasteiger partial charge is 0.239 e. The molecule has 4 nitrogen and oxygen atoms in total. The van der Waals surface area contributed by atoms with E-state index in [1.165, 1.54) is 4.31 Å². The van der Waals surface area contributed by atoms with Crippen LogP contribution < -0.4 is 4.31 Å². The summed E-state index contributed by atoms with van der Waals surface area (Å²) in [7, 11) is -3.45. The third-order valence-electron chi connectivity index (χ3n) is 3.68. The molecule has 0 amide bonds. The summed E-state index contributed by atoms with van der Waals surface area (Å²) in [6, 6.07) is 16.8. The van der Waals surface area contributed by atoms with Gasteiger partial charge in [-0.25, -0.2) is 8.42 Å². The van der Waals surface area contributed by atoms with Gasteiger partial charge in [-0.1, -0.05) is 48.5 Å². The second-order valence-electron chi connectivity index (χ2n) is 5.51. The van der Waals surface area contributed by atoms with Gasteiger partial charge in [0.05, 0.1) is 30.7 Å². The van der Waals surface area contributed by atoms with Gasteiger partial charge in [-0.2, -0.15) is 0 Å². The maximum Gasteiger partial charge on any atom is 0.239 e. The average Bonchev–Trinajstić information content (AvgIpc) is 3.30. The lowest BCUT2D eigenvalue weighted by Crippen LogP contribution is -2.35. The highest BCUT2D eigenvalue weighted by Crippen LogP contribution is 2.27. The first-order chi connectivity index (χ1) is 10.6. The van der Waals surface area contributed by atoms with E-state index in [1.807, 2.05) is 61.5 Å². The minimum Gasteiger partial charge on any atom is -0.371 e. The van der Waals surface area contributed by atoms with Gasteiger partial charge in [-0.3, -0.25) is 4.31 Å². The monoisotopic (exact) mass is 317 g/mol. The number of ether oxygens (including phenoxy) is 1. The highest BCUT2D eigenvalue weighted by atomic mass is 32.2. The number of benzene rings is 2. The Balaban J connectivity index is 1.92. The van der Waals surface area contributed by atoms with Crippen LogP contribution in [0.3, 0.4) is 0 Å². The van der Waals surface area contributed by atoms with Gasteiger partial charge in [-0.05, 0) is 24.1 Å². The lowest BCUT2D eigenvalue weighted by atomic mass is 10.2. The number of nitrogens with zero attached hydrogens (tertiary/aromatic N) is 1. The highest BCUT2D eigenvalue weighted by molar-refractivity contribution is 7.92. The Kier molecular flexibility index (Phi) is 4.18. The summed E-state index contributed by atoms with van der Waals surface area (Å²) in [6.45, 7) is 2.93. The average molecular weight is 317 g/mol. The third kappa shape index (κ3) is 3.48. The zero-order chi connectivity index (χ0) is 15.6. The van der Waals surface area contributed by atoms with Crippen molar-refractivity contribution in [1.29, 1.82) is 0 Å². The van der Waals surface area contributed by atoms with Crippen LogP contribution >= 0.6 is 0 Å². The molecule has 22 heavy (non-hydrogen) atoms. The number of hydrogen-bond donors (Lipinski definition) is 0. The standard InChI is InChI=1S/C17H19NO3S/c1-14-7-5-6-10-17(14)18(11-16-12-21-16)22(19,20)13-15-8-3-2-4-9-15/h2-10,16H,11-13H2,1H3. The minimum absolute atomic E-state index is 0.00477. The molecule has 116 valence electrons. The summed E-state index contributed by atoms with van der Waals surface area (Å²) in [6.07, 6.45) is 0.00477. The van der Waals surface area contributed by atoms with Gasteiger partial charge in [0.25, 0.3) is 0 Å². The Morgan fingerprint density at radius 1 is 1.09 bits per heavy atom. The zero-order valence-corrected chi connectivity index (χ0v) is 13.3. The Bertz CT molecular complexity index is 740. The van der Waals surface area contributed by atoms with Crippen molar-refractivity contribution < 1.29 is 13.2 Å². The predicted molar refractivity (Wildman–Crippen MR) is 87.3 cm³/mol. The van der Waals surface area contributed by atoms with Crippen LogP contribution in [0.5, 0.6) is 0 Å². The van der Waals surface area contributed by atoms with Crippen LogP contribution in [0.2, 0.25) is 0 Å². The molecule has 0 aromatic heterocycles. The molecule has 1 heterocycles. The van der Waals surface area contributed by atoms with E-state index in [0.29, 0.717) is 13.2 Å². The molecule has 1 fully saturated rings. The van der Waals surface area contributed by atoms with Crippen LogP contribution in [0.15, 0.2) is 54.6 Å². The van der Waals surface area contributed by atoms with E-state index in [9.17, 15) is 8.42 Å². The maximum absolute atomic E-state index is 12.9. The number of sulfonamides is 1. The zero-order valence-electron chi connectivity index (χ0n) is 12.5. The second-order valence-corrected chi connectivity index (χ2v) is 7.41. The molecule has 0 N–H and O–H groups in total. The Morgan fingerprint density at radius 2 is 1.73 bits per heavy atom. The van der Waals surface area contributed by atoms with Gasteiger partial charge in [0.2, 0.25) is 10.0 Å². The molecule has 0 saturated carbocycles. The Labute approximate surface area is 131 Å². The molecular weight excluding hydrogens is 298 g/mol. The summed E-state index contributed by atoms with van der Waals surface area (Å²) in [5, 5.41) is 0. The van der Waals surface area contributed by atoms with Crippen LogP contribution in [0.4, 0.5) is 5.69 Å². The maximum atomic E-state index is 12.9. The third-order valence-corrected chi connectivity index (χ3v) is 5.40. The van der Waals surface area contributed by atoms with E-state index in [0.717, 1.165) is 16.8 Å². The number of epoxide rings is 1. The summed E-state index contributed by atoms with van der Waals surface area (Å²) in [5.41, 5.74) is 2.46. The molecule has 1 aliphatic heterocycles. The van der Waals surface area contributed by atoms with Crippen molar-refractivity contribution >= 4 is 15.7 Å². The summed E-state index contributed by atoms with van der Waals surface area (Å²) in [5.74, 6) is -0.00507. The molecule has 0 spiro atoms. The number of anilines is 1. The van der Waals surface area contributed by atoms with E-state index in [2.05, 4.69) is 0 Å². The Hall–Kier alpha value is -1.85. The SMILES string of the molecule is Cc1ccccc1N(CC1CO1)S(=O)(=O)Cc1ccccc1. The highest BCUT2D eigenvalue weighted by Gasteiger charge is 2.32. The first-order valence-electron chi connectivity index (χ1n) is 7.28. The van der Waals surface area contributed by atoms with Crippen molar-refractivity contribution in [3.63, 3.8) is 0 Å². The van der Waals surface area contributed by atoms with Gasteiger partial charge in [0.1, 0.15) is 0 Å². The van der Waals surface area contributed by atoms with Crippen LogP contribution in [0.1, 0.15) is 11.1 Å². The fourth-order valence-electron chi connectivity index (χ4n) is 2.43. The summed E-state index contributed by atoms with van der Waals surface area (Å²) >= 11 is 0. The Morgan fingerprint density at radius 3 is 2.36 bits per heavy atom. The van der Waals surface area contributed by atoms with Crippen LogP contribution in [-0.2, 0) is 20.5 Å². The molecule has 1 unspecified atom stereocenters. The fourth-order valence-corrected chi connectivity index (χ4v) is 4.09. The van der Waals surface area contributed by atoms with Crippen LogP contribution in [0, 0.1) is 6.92 Å². The number of rotatable bonds is 6. The molecule has 1 atom stereocenters. The van der Waals surface area contributed by atoms with Crippen LogP contribution in [-0.4, -0.2) is 27.7 Å². The summed E-state index contributed by atoms with van der Waals surface area (Å²) in [4.78, 5) is 0. The minimum atomic E-state index is -3.45. The van der Waals surface area contributed by atoms with Gasteiger partial charge >= 0.3 is 0 Å². The molecule has 2 aromatic rings. The first-order valence-corrected chi connectivity index (χ1v) is 8.89. The molecule has 1 aliphatic rings. The molecule has 3 rings (SSSR count). The molecular formula is C17H19NO3S. The molecule has 2 aromatic carbocycles. The molecule has 5 heteroatoms. The quantitative estimate of drug-likeness (QED) is 0.770. The van der Waals surface area contributed by atoms with E-state index in [1.54, 1.807) is 0 Å². The molecule has 1 saturated heterocycles. The van der Waals surface area contributed by atoms with Crippen molar-refractivity contribution in [2.75, 3.05) is 17.5 Å². The number of hydrogen-bond acceptors (Lipinski definition) is 3. The lowest BCUT2D eigenvalue weighted by Gasteiger charge is -2.25. The van der Waals surface area contributed by atoms with Gasteiger partial charge in [-0.15, -0.1) is 0 Å². The largest absolute Gasteiger partial charge is 0.371 e. The number of aryl methyl sites for hydroxylation is 1. The van der Waals surface area contributed by atoms with Crippen molar-refractivity contribution in [3.05, 3.63) is 65.7 Å². The normalized spacial score (nSPS) is 17.2. The van der Waals surface area contributed by atoms with E-state index in [4.69, 9.17) is 4.74 Å². The van der Waals surface area contributed by atoms with Crippen molar-refractivity contribution in [3.8, 4) is 0 Å². The topological polar surface area (TPSA) is 49.9 Å². The molecule has 0 bridgehead atoms. The van der Waals surface area contributed by atoms with Gasteiger partial charge in [0, 0.05) is 0 Å². The van der Waals surface area contributed by atoms with Crippen molar-refractivity contribution in [2.24, 2.45) is 0 Å². The molecule has 0 radical (unpaired) electrons. The van der Waals surface area contributed by atoms with Crippen LogP contribution in [0.25, 0.3) is 0 Å². The predicted octanol–water partition coefficient (Wildman–Crippen LogP) is 2.73. The lowest BCUT2D eigenvalue weighted by molar-refractivity contribution is 0.412. The van der Waals surface area contributed by atoms with E-state index < -0.39 is 10.0 Å².